The SMILES string of the molecule is OCCC(F)(F)c1ccc(O)c(Br)c1. The highest BCUT2D eigenvalue weighted by Gasteiger charge is 2.31. The molecule has 0 fully saturated rings. The standard InChI is InChI=1S/C9H9BrF2O2/c10-7-5-6(1-2-8(7)14)9(11,12)3-4-13/h1-2,5,13-14H,3-4H2. The molecule has 78 valence electrons. The van der Waals surface area contributed by atoms with E-state index in [2.05, 4.69) is 15.9 Å². The van der Waals surface area contributed by atoms with E-state index in [0.717, 1.165) is 12.1 Å². The van der Waals surface area contributed by atoms with Gasteiger partial charge < -0.3 is 10.2 Å². The van der Waals surface area contributed by atoms with Crippen LogP contribution in [0.3, 0.4) is 0 Å². The van der Waals surface area contributed by atoms with Crippen LogP contribution in [0.25, 0.3) is 0 Å². The average molecular weight is 267 g/mol. The normalized spacial score (nSPS) is 11.7. The molecular weight excluding hydrogens is 258 g/mol. The Bertz CT molecular complexity index is 329. The van der Waals surface area contributed by atoms with E-state index in [1.54, 1.807) is 0 Å². The van der Waals surface area contributed by atoms with Gasteiger partial charge in [-0.3, -0.25) is 0 Å². The number of aliphatic hydroxyl groups excluding tert-OH is 1. The molecule has 1 aromatic rings. The Labute approximate surface area is 88.3 Å². The molecule has 1 aromatic carbocycles. The minimum Gasteiger partial charge on any atom is -0.507 e. The summed E-state index contributed by atoms with van der Waals surface area (Å²) >= 11 is 2.94. The first-order chi connectivity index (χ1) is 6.47. The average Bonchev–Trinajstić information content (AvgIpc) is 2.09. The van der Waals surface area contributed by atoms with Gasteiger partial charge in [0.05, 0.1) is 4.47 Å². The van der Waals surface area contributed by atoms with E-state index < -0.39 is 19.0 Å². The number of aliphatic hydroxyl groups is 1. The molecule has 0 saturated heterocycles. The number of phenolic OH excluding ortho intramolecular Hbond substituents is 1. The zero-order chi connectivity index (χ0) is 10.8. The van der Waals surface area contributed by atoms with Gasteiger partial charge in [0, 0.05) is 18.6 Å². The third-order valence-electron chi connectivity index (χ3n) is 1.80. The summed E-state index contributed by atoms with van der Waals surface area (Å²) in [5, 5.41) is 17.5. The molecule has 5 heteroatoms. The first-order valence-electron chi connectivity index (χ1n) is 3.95. The Morgan fingerprint density at radius 1 is 1.36 bits per heavy atom. The molecule has 1 rings (SSSR count). The summed E-state index contributed by atoms with van der Waals surface area (Å²) in [5.74, 6) is -3.15. The number of halogens is 3. The predicted molar refractivity (Wildman–Crippen MR) is 51.4 cm³/mol. The third kappa shape index (κ3) is 2.42. The lowest BCUT2D eigenvalue weighted by atomic mass is 10.1. The van der Waals surface area contributed by atoms with Gasteiger partial charge in [-0.2, -0.15) is 0 Å². The van der Waals surface area contributed by atoms with Crippen molar-refractivity contribution in [2.24, 2.45) is 0 Å². The molecule has 0 aromatic heterocycles. The minimum absolute atomic E-state index is 0.0893. The van der Waals surface area contributed by atoms with E-state index in [4.69, 9.17) is 10.2 Å². The Morgan fingerprint density at radius 3 is 2.50 bits per heavy atom. The number of hydrogen-bond donors (Lipinski definition) is 2. The second-order valence-electron chi connectivity index (χ2n) is 2.84. The lowest BCUT2D eigenvalue weighted by Gasteiger charge is -2.15. The number of hydrogen-bond acceptors (Lipinski definition) is 2. The zero-order valence-electron chi connectivity index (χ0n) is 7.17. The molecule has 2 nitrogen and oxygen atoms in total. The monoisotopic (exact) mass is 266 g/mol. The molecule has 0 heterocycles. The lowest BCUT2D eigenvalue weighted by Crippen LogP contribution is -2.15. The zero-order valence-corrected chi connectivity index (χ0v) is 8.76. The van der Waals surface area contributed by atoms with Crippen LogP contribution >= 0.6 is 15.9 Å². The van der Waals surface area contributed by atoms with E-state index >= 15 is 0 Å². The number of benzene rings is 1. The van der Waals surface area contributed by atoms with Crippen LogP contribution in [0.2, 0.25) is 0 Å². The maximum atomic E-state index is 13.2. The molecule has 0 atom stereocenters. The van der Waals surface area contributed by atoms with Gasteiger partial charge in [0.1, 0.15) is 5.75 Å². The summed E-state index contributed by atoms with van der Waals surface area (Å²) in [5.41, 5.74) is -0.226. The van der Waals surface area contributed by atoms with Crippen LogP contribution in [0.4, 0.5) is 8.78 Å². The second-order valence-corrected chi connectivity index (χ2v) is 3.70. The van der Waals surface area contributed by atoms with Crippen LogP contribution in [0, 0.1) is 0 Å². The number of aromatic hydroxyl groups is 1. The van der Waals surface area contributed by atoms with Gasteiger partial charge in [-0.15, -0.1) is 0 Å². The summed E-state index contributed by atoms with van der Waals surface area (Å²) in [6, 6.07) is 3.46. The molecule has 0 aliphatic carbocycles. The molecule has 0 unspecified atom stereocenters. The number of alkyl halides is 2. The topological polar surface area (TPSA) is 40.5 Å². The Kier molecular flexibility index (Phi) is 3.44. The van der Waals surface area contributed by atoms with Crippen molar-refractivity contribution in [3.63, 3.8) is 0 Å². The number of rotatable bonds is 3. The smallest absolute Gasteiger partial charge is 0.275 e. The van der Waals surface area contributed by atoms with Gasteiger partial charge in [0.25, 0.3) is 5.92 Å². The van der Waals surface area contributed by atoms with Crippen molar-refractivity contribution >= 4 is 15.9 Å². The van der Waals surface area contributed by atoms with E-state index in [0.29, 0.717) is 0 Å². The highest BCUT2D eigenvalue weighted by Crippen LogP contribution is 2.35. The van der Waals surface area contributed by atoms with E-state index in [1.807, 2.05) is 0 Å². The molecule has 0 aliphatic heterocycles. The summed E-state index contributed by atoms with van der Waals surface area (Å²) in [6.07, 6.45) is -0.621. The first-order valence-corrected chi connectivity index (χ1v) is 4.74. The molecule has 0 amide bonds. The van der Waals surface area contributed by atoms with Gasteiger partial charge in [-0.1, -0.05) is 0 Å². The summed E-state index contributed by atoms with van der Waals surface area (Å²) < 4.78 is 26.6. The second kappa shape index (κ2) is 4.23. The maximum absolute atomic E-state index is 13.2. The quantitative estimate of drug-likeness (QED) is 0.883. The van der Waals surface area contributed by atoms with Gasteiger partial charge in [-0.05, 0) is 34.1 Å². The van der Waals surface area contributed by atoms with E-state index in [-0.39, 0.29) is 15.8 Å². The molecule has 0 spiro atoms. The summed E-state index contributed by atoms with van der Waals surface area (Å²) in [6.45, 7) is -0.578. The molecule has 0 bridgehead atoms. The van der Waals surface area contributed by atoms with E-state index in [9.17, 15) is 8.78 Å². The van der Waals surface area contributed by atoms with Crippen LogP contribution in [0.15, 0.2) is 22.7 Å². The van der Waals surface area contributed by atoms with Crippen molar-refractivity contribution in [2.45, 2.75) is 12.3 Å². The molecule has 0 radical (unpaired) electrons. The highest BCUT2D eigenvalue weighted by atomic mass is 79.9. The largest absolute Gasteiger partial charge is 0.507 e. The van der Waals surface area contributed by atoms with Crippen LogP contribution < -0.4 is 0 Å². The summed E-state index contributed by atoms with van der Waals surface area (Å²) in [4.78, 5) is 0. The fraction of sp³-hybridized carbons (Fsp3) is 0.333. The third-order valence-corrected chi connectivity index (χ3v) is 2.43. The van der Waals surface area contributed by atoms with Crippen LogP contribution in [-0.2, 0) is 5.92 Å². The first kappa shape index (κ1) is 11.4. The molecule has 14 heavy (non-hydrogen) atoms. The maximum Gasteiger partial charge on any atom is 0.275 e. The van der Waals surface area contributed by atoms with Crippen LogP contribution in [0.5, 0.6) is 5.75 Å². The van der Waals surface area contributed by atoms with Gasteiger partial charge in [0.15, 0.2) is 0 Å². The van der Waals surface area contributed by atoms with Gasteiger partial charge in [-0.25, -0.2) is 8.78 Å². The molecule has 2 N–H and O–H groups in total. The fourth-order valence-corrected chi connectivity index (χ4v) is 1.40. The van der Waals surface area contributed by atoms with Crippen molar-refractivity contribution in [3.05, 3.63) is 28.2 Å². The van der Waals surface area contributed by atoms with Crippen molar-refractivity contribution in [1.29, 1.82) is 0 Å². The van der Waals surface area contributed by atoms with Crippen LogP contribution in [0.1, 0.15) is 12.0 Å². The molecule has 0 aliphatic rings. The highest BCUT2D eigenvalue weighted by molar-refractivity contribution is 9.10. The number of phenols is 1. The van der Waals surface area contributed by atoms with E-state index in [1.165, 1.54) is 6.07 Å². The lowest BCUT2D eigenvalue weighted by molar-refractivity contribution is -0.0270. The van der Waals surface area contributed by atoms with Gasteiger partial charge >= 0.3 is 0 Å². The predicted octanol–water partition coefficient (Wildman–Crippen LogP) is 2.63. The summed E-state index contributed by atoms with van der Waals surface area (Å²) in [7, 11) is 0. The van der Waals surface area contributed by atoms with Crippen molar-refractivity contribution < 1.29 is 19.0 Å². The van der Waals surface area contributed by atoms with Crippen LogP contribution in [-0.4, -0.2) is 16.8 Å². The Hall–Kier alpha value is -0.680. The van der Waals surface area contributed by atoms with Gasteiger partial charge in [0.2, 0.25) is 0 Å². The minimum atomic E-state index is -3.06. The Morgan fingerprint density at radius 2 is 2.00 bits per heavy atom. The van der Waals surface area contributed by atoms with Crippen molar-refractivity contribution in [3.8, 4) is 5.75 Å². The fourth-order valence-electron chi connectivity index (χ4n) is 1.02. The Balaban J connectivity index is 3.01. The van der Waals surface area contributed by atoms with Crippen molar-refractivity contribution in [2.75, 3.05) is 6.61 Å². The molecule has 0 saturated carbocycles. The van der Waals surface area contributed by atoms with Crippen molar-refractivity contribution in [1.82, 2.24) is 0 Å². The molecular formula is C9H9BrF2O2.